The van der Waals surface area contributed by atoms with Crippen LogP contribution in [0.25, 0.3) is 0 Å². The summed E-state index contributed by atoms with van der Waals surface area (Å²) in [6.45, 7) is 2.97. The maximum absolute atomic E-state index is 11.1. The molecule has 6 atom stereocenters. The number of rotatable bonds is 2. The fourth-order valence-electron chi connectivity index (χ4n) is 4.70. The minimum absolute atomic E-state index is 0.112. The van der Waals surface area contributed by atoms with Crippen LogP contribution in [0.4, 0.5) is 0 Å². The number of fused-ring (bicyclic) bond motifs is 5. The molecule has 4 heteroatoms. The molecule has 3 saturated carbocycles. The molecule has 0 saturated heterocycles. The largest absolute Gasteiger partial charge is 0.462 e. The van der Waals surface area contributed by atoms with Crippen LogP contribution in [0.2, 0.25) is 0 Å². The molecule has 0 N–H and O–H groups in total. The van der Waals surface area contributed by atoms with E-state index >= 15 is 0 Å². The molecule has 3 aliphatic rings. The fraction of sp³-hybridized carbons (Fsp3) is 0.857. The molecule has 100 valence electrons. The van der Waals surface area contributed by atoms with Crippen molar-refractivity contribution in [2.24, 2.45) is 23.7 Å². The Bertz CT molecular complexity index is 378. The summed E-state index contributed by atoms with van der Waals surface area (Å²) in [5, 5.41) is 0. The summed E-state index contributed by atoms with van der Waals surface area (Å²) in [5.74, 6) is 1.86. The maximum atomic E-state index is 11.1. The first-order valence-electron chi connectivity index (χ1n) is 6.90. The van der Waals surface area contributed by atoms with E-state index in [-0.39, 0.29) is 24.1 Å². The van der Waals surface area contributed by atoms with Gasteiger partial charge in [-0.3, -0.25) is 9.59 Å². The second-order valence-corrected chi connectivity index (χ2v) is 6.01. The van der Waals surface area contributed by atoms with Crippen LogP contribution >= 0.6 is 0 Å². The molecule has 0 aliphatic heterocycles. The predicted octanol–water partition coefficient (Wildman–Crippen LogP) is 1.92. The van der Waals surface area contributed by atoms with Crippen molar-refractivity contribution in [3.63, 3.8) is 0 Å². The Labute approximate surface area is 107 Å². The van der Waals surface area contributed by atoms with Gasteiger partial charge in [0.05, 0.1) is 0 Å². The van der Waals surface area contributed by atoms with Gasteiger partial charge in [0.25, 0.3) is 0 Å². The molecule has 3 rings (SSSR count). The van der Waals surface area contributed by atoms with Crippen molar-refractivity contribution in [3.8, 4) is 0 Å². The van der Waals surface area contributed by atoms with E-state index in [1.54, 1.807) is 0 Å². The van der Waals surface area contributed by atoms with Crippen molar-refractivity contribution < 1.29 is 19.1 Å². The summed E-state index contributed by atoms with van der Waals surface area (Å²) in [4.78, 5) is 22.2. The van der Waals surface area contributed by atoms with Gasteiger partial charge in [-0.25, -0.2) is 0 Å². The van der Waals surface area contributed by atoms with Crippen molar-refractivity contribution in [3.05, 3.63) is 0 Å². The third-order valence-electron chi connectivity index (χ3n) is 5.02. The lowest BCUT2D eigenvalue weighted by molar-refractivity contribution is -0.152. The highest BCUT2D eigenvalue weighted by Crippen LogP contribution is 2.60. The molecule has 4 nitrogen and oxygen atoms in total. The lowest BCUT2D eigenvalue weighted by atomic mass is 9.79. The van der Waals surface area contributed by atoms with Crippen LogP contribution in [-0.4, -0.2) is 24.1 Å². The molecule has 0 spiro atoms. The zero-order valence-electron chi connectivity index (χ0n) is 10.9. The van der Waals surface area contributed by atoms with E-state index in [9.17, 15) is 9.59 Å². The molecule has 0 heterocycles. The second kappa shape index (κ2) is 4.25. The van der Waals surface area contributed by atoms with Crippen LogP contribution in [0.5, 0.6) is 0 Å². The summed E-state index contributed by atoms with van der Waals surface area (Å²) in [6.07, 6.45) is 4.43. The summed E-state index contributed by atoms with van der Waals surface area (Å²) in [5.41, 5.74) is 0. The van der Waals surface area contributed by atoms with Gasteiger partial charge in [0, 0.05) is 19.8 Å². The number of carbonyl (C=O) groups is 2. The van der Waals surface area contributed by atoms with Gasteiger partial charge in [0.1, 0.15) is 12.2 Å². The first kappa shape index (κ1) is 12.0. The van der Waals surface area contributed by atoms with E-state index in [4.69, 9.17) is 9.47 Å². The van der Waals surface area contributed by atoms with Crippen molar-refractivity contribution in [1.82, 2.24) is 0 Å². The average Bonchev–Trinajstić information content (AvgIpc) is 2.88. The molecule has 0 radical (unpaired) electrons. The number of ether oxygens (including phenoxy) is 2. The highest BCUT2D eigenvalue weighted by atomic mass is 16.5. The molecule has 6 unspecified atom stereocenters. The van der Waals surface area contributed by atoms with Crippen molar-refractivity contribution in [2.75, 3.05) is 0 Å². The highest BCUT2D eigenvalue weighted by Gasteiger charge is 2.59. The smallest absolute Gasteiger partial charge is 0.302 e. The average molecular weight is 252 g/mol. The Balaban J connectivity index is 1.69. The van der Waals surface area contributed by atoms with Crippen molar-refractivity contribution in [2.45, 2.75) is 51.7 Å². The first-order valence-corrected chi connectivity index (χ1v) is 6.90. The van der Waals surface area contributed by atoms with Crippen LogP contribution in [0.15, 0.2) is 0 Å². The first-order chi connectivity index (χ1) is 8.56. The fourth-order valence-corrected chi connectivity index (χ4v) is 4.70. The van der Waals surface area contributed by atoms with Crippen LogP contribution in [-0.2, 0) is 19.1 Å². The number of hydrogen-bond acceptors (Lipinski definition) is 4. The van der Waals surface area contributed by atoms with Crippen molar-refractivity contribution in [1.29, 1.82) is 0 Å². The second-order valence-electron chi connectivity index (χ2n) is 6.01. The number of esters is 2. The van der Waals surface area contributed by atoms with Crippen LogP contribution in [0.1, 0.15) is 39.5 Å². The molecular weight excluding hydrogens is 232 g/mol. The molecule has 0 aromatic heterocycles. The lowest BCUT2D eigenvalue weighted by Crippen LogP contribution is -2.35. The highest BCUT2D eigenvalue weighted by molar-refractivity contribution is 5.66. The topological polar surface area (TPSA) is 52.6 Å². The van der Waals surface area contributed by atoms with Gasteiger partial charge in [0.15, 0.2) is 0 Å². The molecule has 3 aliphatic carbocycles. The summed E-state index contributed by atoms with van der Waals surface area (Å²) in [7, 11) is 0. The SMILES string of the molecule is CC(=O)OC1CC2CC1C1CCC(OC(C)=O)C21. The zero-order chi connectivity index (χ0) is 12.9. The Morgan fingerprint density at radius 1 is 0.889 bits per heavy atom. The quantitative estimate of drug-likeness (QED) is 0.704. The van der Waals surface area contributed by atoms with Gasteiger partial charge in [-0.15, -0.1) is 0 Å². The van der Waals surface area contributed by atoms with Gasteiger partial charge >= 0.3 is 11.9 Å². The molecule has 18 heavy (non-hydrogen) atoms. The van der Waals surface area contributed by atoms with E-state index in [0.29, 0.717) is 23.7 Å². The zero-order valence-corrected chi connectivity index (χ0v) is 10.9. The van der Waals surface area contributed by atoms with E-state index in [0.717, 1.165) is 25.7 Å². The van der Waals surface area contributed by atoms with Crippen LogP contribution in [0, 0.1) is 23.7 Å². The maximum Gasteiger partial charge on any atom is 0.302 e. The Morgan fingerprint density at radius 2 is 1.56 bits per heavy atom. The van der Waals surface area contributed by atoms with Gasteiger partial charge in [-0.05, 0) is 43.4 Å². The summed E-state index contributed by atoms with van der Waals surface area (Å²) >= 11 is 0. The number of hydrogen-bond donors (Lipinski definition) is 0. The van der Waals surface area contributed by atoms with Crippen LogP contribution < -0.4 is 0 Å². The number of carbonyl (C=O) groups excluding carboxylic acids is 2. The molecule has 2 bridgehead atoms. The molecular formula is C14H20O4. The Morgan fingerprint density at radius 3 is 2.22 bits per heavy atom. The van der Waals surface area contributed by atoms with Crippen LogP contribution in [0.3, 0.4) is 0 Å². The molecule has 0 aromatic rings. The Hall–Kier alpha value is -1.06. The van der Waals surface area contributed by atoms with E-state index in [2.05, 4.69) is 0 Å². The van der Waals surface area contributed by atoms with Crippen molar-refractivity contribution >= 4 is 11.9 Å². The standard InChI is InChI=1S/C14H20O4/c1-7(15)17-12-4-3-10-11-5-9(14(10)12)6-13(11)18-8(2)16/h9-14H,3-6H2,1-2H3. The predicted molar refractivity (Wildman–Crippen MR) is 63.5 cm³/mol. The minimum Gasteiger partial charge on any atom is -0.462 e. The lowest BCUT2D eigenvalue weighted by Gasteiger charge is -2.32. The normalized spacial score (nSPS) is 44.8. The third kappa shape index (κ3) is 1.82. The monoisotopic (exact) mass is 252 g/mol. The molecule has 0 amide bonds. The van der Waals surface area contributed by atoms with E-state index in [1.807, 2.05) is 0 Å². The van der Waals surface area contributed by atoms with Gasteiger partial charge in [-0.2, -0.15) is 0 Å². The van der Waals surface area contributed by atoms with Gasteiger partial charge < -0.3 is 9.47 Å². The minimum atomic E-state index is -0.168. The van der Waals surface area contributed by atoms with E-state index < -0.39 is 0 Å². The third-order valence-corrected chi connectivity index (χ3v) is 5.02. The molecule has 3 fully saturated rings. The van der Waals surface area contributed by atoms with Gasteiger partial charge in [-0.1, -0.05) is 0 Å². The summed E-state index contributed by atoms with van der Waals surface area (Å²) < 4.78 is 10.9. The van der Waals surface area contributed by atoms with Gasteiger partial charge in [0.2, 0.25) is 0 Å². The van der Waals surface area contributed by atoms with E-state index in [1.165, 1.54) is 13.8 Å². The Kier molecular flexibility index (Phi) is 2.83. The molecule has 0 aromatic carbocycles. The summed E-state index contributed by atoms with van der Waals surface area (Å²) in [6, 6.07) is 0.